The number of alkyl halides is 3. The van der Waals surface area contributed by atoms with Crippen molar-refractivity contribution >= 4 is 30.1 Å². The average Bonchev–Trinajstić information content (AvgIpc) is 2.69. The first-order valence-electron chi connectivity index (χ1n) is 11.0. The van der Waals surface area contributed by atoms with Gasteiger partial charge in [-0.25, -0.2) is 13.8 Å². The molecule has 33 heavy (non-hydrogen) atoms. The molecular weight excluding hydrogens is 481 g/mol. The van der Waals surface area contributed by atoms with Crippen molar-refractivity contribution in [3.8, 4) is 0 Å². The van der Waals surface area contributed by atoms with Gasteiger partial charge in [0.05, 0.1) is 7.11 Å². The summed E-state index contributed by atoms with van der Waals surface area (Å²) >= 11 is 0. The Bertz CT molecular complexity index is 729. The summed E-state index contributed by atoms with van der Waals surface area (Å²) in [5.74, 6) is -1.78. The lowest BCUT2D eigenvalue weighted by Crippen LogP contribution is -2.46. The molecule has 0 radical (unpaired) electrons. The third-order valence-electron chi connectivity index (χ3n) is 5.31. The van der Waals surface area contributed by atoms with Crippen LogP contribution in [0.3, 0.4) is 0 Å². The van der Waals surface area contributed by atoms with Crippen molar-refractivity contribution in [1.29, 1.82) is 4.78 Å². The molecule has 0 heterocycles. The normalized spacial score (nSPS) is 16.4. The van der Waals surface area contributed by atoms with Gasteiger partial charge in [-0.05, 0) is 51.7 Å². The van der Waals surface area contributed by atoms with Crippen LogP contribution in [0.4, 0.5) is 18.0 Å². The largest absolute Gasteiger partial charge is 0.467 e. The van der Waals surface area contributed by atoms with E-state index in [1.54, 1.807) is 20.8 Å². The van der Waals surface area contributed by atoms with Gasteiger partial charge in [-0.15, -0.1) is 0 Å². The Labute approximate surface area is 196 Å². The average molecular weight is 521 g/mol. The van der Waals surface area contributed by atoms with Crippen molar-refractivity contribution in [2.75, 3.05) is 18.6 Å². The van der Waals surface area contributed by atoms with E-state index in [1.807, 2.05) is 20.8 Å². The number of hydrogen-bond acceptors (Lipinski definition) is 7. The number of halogens is 3. The summed E-state index contributed by atoms with van der Waals surface area (Å²) in [4.78, 5) is 23.9. The maximum absolute atomic E-state index is 13.6. The van der Waals surface area contributed by atoms with E-state index in [0.29, 0.717) is 18.1 Å². The molecule has 0 bridgehead atoms. The molecule has 13 heteroatoms. The van der Waals surface area contributed by atoms with Crippen molar-refractivity contribution < 1.29 is 40.9 Å². The molecule has 0 unspecified atom stereocenters. The van der Waals surface area contributed by atoms with Gasteiger partial charge in [-0.1, -0.05) is 20.8 Å². The molecule has 1 amide bonds. The van der Waals surface area contributed by atoms with Crippen LogP contribution in [0.1, 0.15) is 54.4 Å². The Hall–Kier alpha value is -1.34. The van der Waals surface area contributed by atoms with Gasteiger partial charge in [0.2, 0.25) is 0 Å². The van der Waals surface area contributed by atoms with E-state index in [4.69, 9.17) is 13.9 Å². The number of ether oxygens (including phenoxy) is 2. The fourth-order valence-electron chi connectivity index (χ4n) is 3.14. The minimum absolute atomic E-state index is 0.247. The predicted molar refractivity (Wildman–Crippen MR) is 123 cm³/mol. The molecule has 0 aliphatic rings. The first-order valence-corrected chi connectivity index (χ1v) is 15.4. The van der Waals surface area contributed by atoms with Crippen LogP contribution < -0.4 is 5.32 Å². The van der Waals surface area contributed by atoms with Crippen LogP contribution in [-0.2, 0) is 28.4 Å². The smallest absolute Gasteiger partial charge is 0.413 e. The third-order valence-corrected chi connectivity index (χ3v) is 11.8. The summed E-state index contributed by atoms with van der Waals surface area (Å²) in [6, 6.07) is 0.339. The van der Waals surface area contributed by atoms with Gasteiger partial charge >= 0.3 is 18.2 Å². The Kier molecular flexibility index (Phi) is 12.4. The fourth-order valence-corrected chi connectivity index (χ4v) is 7.41. The zero-order chi connectivity index (χ0) is 26.1. The number of nitrogens with one attached hydrogen (secondary N) is 2. The number of alkyl carbamates (subject to hydrolysis) is 1. The molecule has 196 valence electrons. The van der Waals surface area contributed by atoms with Crippen LogP contribution in [-0.4, -0.2) is 67.1 Å². The summed E-state index contributed by atoms with van der Waals surface area (Å²) in [6.45, 7) is 10.3. The summed E-state index contributed by atoms with van der Waals surface area (Å²) in [7, 11) is -4.96. The lowest BCUT2D eigenvalue weighted by Gasteiger charge is -2.34. The minimum Gasteiger partial charge on any atom is -0.467 e. The van der Waals surface area contributed by atoms with Gasteiger partial charge in [0.1, 0.15) is 17.7 Å². The highest BCUT2D eigenvalue weighted by Gasteiger charge is 2.45. The van der Waals surface area contributed by atoms with E-state index >= 15 is 0 Å². The van der Waals surface area contributed by atoms with E-state index in [2.05, 4.69) is 10.1 Å². The maximum Gasteiger partial charge on any atom is 0.413 e. The van der Waals surface area contributed by atoms with Crippen molar-refractivity contribution in [3.05, 3.63) is 0 Å². The molecule has 0 saturated carbocycles. The monoisotopic (exact) mass is 520 g/mol. The molecule has 0 aliphatic heterocycles. The van der Waals surface area contributed by atoms with Crippen LogP contribution in [0.5, 0.6) is 0 Å². The van der Waals surface area contributed by atoms with Gasteiger partial charge in [0, 0.05) is 21.2 Å². The second-order valence-corrected chi connectivity index (χ2v) is 16.1. The number of amides is 1. The van der Waals surface area contributed by atoms with Gasteiger partial charge in [0.25, 0.3) is 0 Å². The number of hydrogen-bond donors (Lipinski definition) is 2. The van der Waals surface area contributed by atoms with Crippen molar-refractivity contribution in [1.82, 2.24) is 5.32 Å². The van der Waals surface area contributed by atoms with E-state index in [0.717, 1.165) is 7.11 Å². The number of rotatable bonds is 13. The highest BCUT2D eigenvalue weighted by atomic mass is 32.2. The maximum atomic E-state index is 13.6. The fraction of sp³-hybridized carbons (Fsp3) is 0.900. The molecule has 8 nitrogen and oxygen atoms in total. The second-order valence-electron chi connectivity index (χ2n) is 8.91. The molecule has 0 rings (SSSR count). The number of methoxy groups -OCH3 is 1. The number of carbonyl (C=O) groups excluding carboxylic acids is 2. The van der Waals surface area contributed by atoms with Crippen LogP contribution >= 0.6 is 0 Å². The number of carbonyl (C=O) groups is 2. The van der Waals surface area contributed by atoms with Crippen LogP contribution in [0.25, 0.3) is 0 Å². The predicted octanol–water partition coefficient (Wildman–Crippen LogP) is 4.83. The first kappa shape index (κ1) is 31.7. The Balaban J connectivity index is 5.24. The molecular formula is C20H39F3N2O6SSi. The highest BCUT2D eigenvalue weighted by molar-refractivity contribution is 7.92. The minimum atomic E-state index is -4.64. The molecule has 0 aromatic rings. The van der Waals surface area contributed by atoms with Crippen LogP contribution in [0, 0.1) is 4.78 Å². The van der Waals surface area contributed by atoms with E-state index in [1.165, 1.54) is 0 Å². The van der Waals surface area contributed by atoms with E-state index < -0.39 is 72.0 Å². The molecule has 0 spiro atoms. The molecule has 0 aromatic carbocycles. The van der Waals surface area contributed by atoms with Crippen molar-refractivity contribution in [2.24, 2.45) is 0 Å². The van der Waals surface area contributed by atoms with Gasteiger partial charge < -0.3 is 19.2 Å². The summed E-state index contributed by atoms with van der Waals surface area (Å²) < 4.78 is 76.8. The summed E-state index contributed by atoms with van der Waals surface area (Å²) in [5.41, 5.74) is -0.825. The quantitative estimate of drug-likeness (QED) is 0.265. The third kappa shape index (κ3) is 12.1. The first-order chi connectivity index (χ1) is 14.9. The molecule has 3 atom stereocenters. The lowest BCUT2D eigenvalue weighted by molar-refractivity contribution is -0.198. The van der Waals surface area contributed by atoms with Gasteiger partial charge in [0.15, 0.2) is 8.32 Å². The van der Waals surface area contributed by atoms with E-state index in [-0.39, 0.29) is 6.42 Å². The van der Waals surface area contributed by atoms with Crippen molar-refractivity contribution in [3.63, 3.8) is 0 Å². The Morgan fingerprint density at radius 2 is 1.52 bits per heavy atom. The molecule has 0 aliphatic carbocycles. The summed E-state index contributed by atoms with van der Waals surface area (Å²) in [6.07, 6.45) is -8.49. The van der Waals surface area contributed by atoms with Crippen LogP contribution in [0.2, 0.25) is 18.1 Å². The standard InChI is InChI=1S/C20H39F3N2O6SSi/c1-8-33(9-2,10-3)31-16(20(21,22)23)12-14-32(24,28)13-11-15(17(26)29-7)25-18(27)30-19(4,5)6/h15-16,24H,8-14H2,1-7H3,(H,25,27)/t15-,16+,32+/m0/s1. The highest BCUT2D eigenvalue weighted by Crippen LogP contribution is 2.32. The van der Waals surface area contributed by atoms with Crippen molar-refractivity contribution in [2.45, 2.75) is 96.4 Å². The van der Waals surface area contributed by atoms with E-state index in [9.17, 15) is 27.0 Å². The molecule has 2 N–H and O–H groups in total. The Morgan fingerprint density at radius 3 is 1.91 bits per heavy atom. The van der Waals surface area contributed by atoms with Gasteiger partial charge in [-0.3, -0.25) is 4.78 Å². The molecule has 0 saturated heterocycles. The number of esters is 1. The second kappa shape index (κ2) is 12.9. The lowest BCUT2D eigenvalue weighted by atomic mass is 10.2. The SMILES string of the molecule is CC[Si](CC)(CC)O[C@H](CC[S@](=N)(=O)CC[C@H](NC(=O)OC(C)(C)C)C(=O)OC)C(F)(F)F. The van der Waals surface area contributed by atoms with Gasteiger partial charge in [-0.2, -0.15) is 13.2 Å². The topological polar surface area (TPSA) is 115 Å². The zero-order valence-electron chi connectivity index (χ0n) is 20.6. The molecule has 0 aromatic heterocycles. The summed E-state index contributed by atoms with van der Waals surface area (Å²) in [5, 5.41) is 2.30. The Morgan fingerprint density at radius 1 is 1.03 bits per heavy atom. The zero-order valence-corrected chi connectivity index (χ0v) is 22.4. The van der Waals surface area contributed by atoms with Crippen LogP contribution in [0.15, 0.2) is 0 Å². The molecule has 0 fully saturated rings.